The summed E-state index contributed by atoms with van der Waals surface area (Å²) in [6, 6.07) is 6.34. The van der Waals surface area contributed by atoms with Gasteiger partial charge in [0.15, 0.2) is 0 Å². The molecule has 0 radical (unpaired) electrons. The van der Waals surface area contributed by atoms with Crippen molar-refractivity contribution in [1.29, 1.82) is 0 Å². The first-order chi connectivity index (χ1) is 11.6. The zero-order valence-electron chi connectivity index (χ0n) is 13.5. The number of ether oxygens (including phenoxy) is 2. The van der Waals surface area contributed by atoms with Crippen LogP contribution in [0.5, 0.6) is 11.9 Å². The molecule has 0 atom stereocenters. The maximum absolute atomic E-state index is 13.5. The van der Waals surface area contributed by atoms with Gasteiger partial charge in [-0.15, -0.1) is 0 Å². The fourth-order valence-electron chi connectivity index (χ4n) is 1.83. The number of nitrogens with zero attached hydrogens (tertiary/aromatic N) is 2. The average Bonchev–Trinajstić information content (AvgIpc) is 2.57. The number of carbonyl (C=O) groups excluding carboxylic acids is 1. The number of aromatic nitrogens is 2. The highest BCUT2D eigenvalue weighted by molar-refractivity contribution is 6.02. The predicted octanol–water partition coefficient (Wildman–Crippen LogP) is 3.07. The Morgan fingerprint density at radius 2 is 2.00 bits per heavy atom. The molecule has 0 aliphatic carbocycles. The highest BCUT2D eigenvalue weighted by Gasteiger charge is 2.11. The van der Waals surface area contributed by atoms with Gasteiger partial charge in [-0.1, -0.05) is 18.2 Å². The summed E-state index contributed by atoms with van der Waals surface area (Å²) < 4.78 is 24.1. The van der Waals surface area contributed by atoms with Crippen molar-refractivity contribution in [3.05, 3.63) is 47.9 Å². The molecule has 1 aromatic heterocycles. The van der Waals surface area contributed by atoms with Gasteiger partial charge in [0, 0.05) is 11.6 Å². The average molecular weight is 331 g/mol. The summed E-state index contributed by atoms with van der Waals surface area (Å²) in [6.07, 6.45) is 4.02. The molecule has 0 saturated heterocycles. The molecule has 0 aliphatic rings. The first-order valence-corrected chi connectivity index (χ1v) is 7.50. The van der Waals surface area contributed by atoms with Crippen molar-refractivity contribution in [1.82, 2.24) is 9.97 Å². The second-order valence-corrected chi connectivity index (χ2v) is 4.58. The number of benzene rings is 1. The highest BCUT2D eigenvalue weighted by atomic mass is 19.1. The number of hydrogen-bond acceptors (Lipinski definition) is 5. The van der Waals surface area contributed by atoms with Crippen LogP contribution in [0.2, 0.25) is 0 Å². The van der Waals surface area contributed by atoms with Crippen molar-refractivity contribution < 1.29 is 18.7 Å². The minimum absolute atomic E-state index is 0.167. The Morgan fingerprint density at radius 1 is 1.25 bits per heavy atom. The number of rotatable bonds is 7. The summed E-state index contributed by atoms with van der Waals surface area (Å²) in [6.45, 7) is 4.40. The van der Waals surface area contributed by atoms with Gasteiger partial charge in [-0.2, -0.15) is 4.98 Å². The van der Waals surface area contributed by atoms with Crippen LogP contribution in [0.1, 0.15) is 19.4 Å². The maximum Gasteiger partial charge on any atom is 0.319 e. The van der Waals surface area contributed by atoms with Crippen LogP contribution in [0.15, 0.2) is 36.5 Å². The van der Waals surface area contributed by atoms with Crippen molar-refractivity contribution >= 4 is 17.7 Å². The third kappa shape index (κ3) is 4.77. The lowest BCUT2D eigenvalue weighted by atomic mass is 10.2. The smallest absolute Gasteiger partial charge is 0.319 e. The minimum atomic E-state index is -0.452. The molecular formula is C17H18FN3O3. The Bertz CT molecular complexity index is 735. The number of halogens is 1. The third-order valence-corrected chi connectivity index (χ3v) is 2.86. The van der Waals surface area contributed by atoms with Crippen LogP contribution in [0, 0.1) is 5.82 Å². The second-order valence-electron chi connectivity index (χ2n) is 4.58. The number of carbonyl (C=O) groups is 1. The fraction of sp³-hybridized carbons (Fsp3) is 0.235. The van der Waals surface area contributed by atoms with Crippen LogP contribution in [0.4, 0.5) is 10.1 Å². The summed E-state index contributed by atoms with van der Waals surface area (Å²) >= 11 is 0. The Morgan fingerprint density at radius 3 is 2.71 bits per heavy atom. The Hall–Kier alpha value is -2.96. The van der Waals surface area contributed by atoms with E-state index in [-0.39, 0.29) is 11.9 Å². The summed E-state index contributed by atoms with van der Waals surface area (Å²) in [5, 5.41) is 2.60. The number of hydrogen-bond donors (Lipinski definition) is 1. The van der Waals surface area contributed by atoms with Gasteiger partial charge in [-0.25, -0.2) is 9.37 Å². The van der Waals surface area contributed by atoms with Crippen LogP contribution in [-0.4, -0.2) is 29.1 Å². The molecule has 0 unspecified atom stereocenters. The second kappa shape index (κ2) is 8.61. The van der Waals surface area contributed by atoms with Crippen LogP contribution < -0.4 is 14.8 Å². The molecule has 0 spiro atoms. The topological polar surface area (TPSA) is 73.3 Å². The van der Waals surface area contributed by atoms with E-state index < -0.39 is 11.7 Å². The molecule has 0 saturated carbocycles. The van der Waals surface area contributed by atoms with E-state index in [1.54, 1.807) is 25.1 Å². The summed E-state index contributed by atoms with van der Waals surface area (Å²) in [5.74, 6) is -0.642. The lowest BCUT2D eigenvalue weighted by Gasteiger charge is -2.10. The van der Waals surface area contributed by atoms with Gasteiger partial charge in [0.05, 0.1) is 19.4 Å². The standard InChI is InChI=1S/C17H18FN3O3/c1-3-23-16-14(11-19-17(21-16)24-4-2)20-15(22)10-9-12-7-5-6-8-13(12)18/h5-11H,3-4H2,1-2H3,(H,20,22)/b10-9+. The van der Waals surface area contributed by atoms with E-state index in [0.29, 0.717) is 24.5 Å². The van der Waals surface area contributed by atoms with E-state index in [1.165, 1.54) is 24.4 Å². The van der Waals surface area contributed by atoms with E-state index in [9.17, 15) is 9.18 Å². The van der Waals surface area contributed by atoms with Crippen molar-refractivity contribution in [3.63, 3.8) is 0 Å². The van der Waals surface area contributed by atoms with E-state index in [0.717, 1.165) is 0 Å². The van der Waals surface area contributed by atoms with Crippen LogP contribution in [-0.2, 0) is 4.79 Å². The van der Waals surface area contributed by atoms with E-state index in [2.05, 4.69) is 15.3 Å². The fourth-order valence-corrected chi connectivity index (χ4v) is 1.83. The van der Waals surface area contributed by atoms with Gasteiger partial charge in [0.25, 0.3) is 0 Å². The lowest BCUT2D eigenvalue weighted by Crippen LogP contribution is -2.11. The molecule has 7 heteroatoms. The van der Waals surface area contributed by atoms with Gasteiger partial charge in [-0.3, -0.25) is 4.79 Å². The first kappa shape index (κ1) is 17.4. The molecule has 1 amide bonds. The molecule has 6 nitrogen and oxygen atoms in total. The van der Waals surface area contributed by atoms with Crippen molar-refractivity contribution in [2.75, 3.05) is 18.5 Å². The van der Waals surface area contributed by atoms with Crippen molar-refractivity contribution in [2.24, 2.45) is 0 Å². The highest BCUT2D eigenvalue weighted by Crippen LogP contribution is 2.23. The Labute approximate surface area is 139 Å². The molecular weight excluding hydrogens is 313 g/mol. The van der Waals surface area contributed by atoms with E-state index >= 15 is 0 Å². The first-order valence-electron chi connectivity index (χ1n) is 7.50. The van der Waals surface area contributed by atoms with E-state index in [4.69, 9.17) is 9.47 Å². The number of nitrogens with one attached hydrogen (secondary N) is 1. The molecule has 0 aliphatic heterocycles. The maximum atomic E-state index is 13.5. The van der Waals surface area contributed by atoms with E-state index in [1.807, 2.05) is 6.92 Å². The zero-order valence-corrected chi connectivity index (χ0v) is 13.5. The monoisotopic (exact) mass is 331 g/mol. The van der Waals surface area contributed by atoms with Crippen LogP contribution in [0.3, 0.4) is 0 Å². The summed E-state index contributed by atoms with van der Waals surface area (Å²) in [7, 11) is 0. The van der Waals surface area contributed by atoms with Crippen LogP contribution in [0.25, 0.3) is 6.08 Å². The molecule has 24 heavy (non-hydrogen) atoms. The van der Waals surface area contributed by atoms with Crippen LogP contribution >= 0.6 is 0 Å². The molecule has 2 aromatic rings. The quantitative estimate of drug-likeness (QED) is 0.789. The molecule has 0 fully saturated rings. The molecule has 1 heterocycles. The number of anilines is 1. The summed E-state index contributed by atoms with van der Waals surface area (Å²) in [4.78, 5) is 20.1. The van der Waals surface area contributed by atoms with Gasteiger partial charge >= 0.3 is 6.01 Å². The molecule has 126 valence electrons. The largest absolute Gasteiger partial charge is 0.476 e. The van der Waals surface area contributed by atoms with Gasteiger partial charge in [0.2, 0.25) is 11.8 Å². The Balaban J connectivity index is 2.11. The molecule has 2 rings (SSSR count). The Kier molecular flexibility index (Phi) is 6.24. The molecule has 1 N–H and O–H groups in total. The minimum Gasteiger partial charge on any atom is -0.476 e. The van der Waals surface area contributed by atoms with Gasteiger partial charge < -0.3 is 14.8 Å². The summed E-state index contributed by atoms with van der Waals surface area (Å²) in [5.41, 5.74) is 0.629. The van der Waals surface area contributed by atoms with Gasteiger partial charge in [-0.05, 0) is 26.0 Å². The predicted molar refractivity (Wildman–Crippen MR) is 88.4 cm³/mol. The normalized spacial score (nSPS) is 10.6. The SMILES string of the molecule is CCOc1ncc(NC(=O)/C=C/c2ccccc2F)c(OCC)n1. The van der Waals surface area contributed by atoms with Crippen molar-refractivity contribution in [2.45, 2.75) is 13.8 Å². The van der Waals surface area contributed by atoms with Crippen molar-refractivity contribution in [3.8, 4) is 11.9 Å². The molecule has 0 bridgehead atoms. The zero-order chi connectivity index (χ0) is 17.4. The lowest BCUT2D eigenvalue weighted by molar-refractivity contribution is -0.111. The number of amides is 1. The third-order valence-electron chi connectivity index (χ3n) is 2.86. The molecule has 1 aromatic carbocycles. The van der Waals surface area contributed by atoms with Gasteiger partial charge in [0.1, 0.15) is 11.5 Å².